The van der Waals surface area contributed by atoms with Gasteiger partial charge in [-0.1, -0.05) is 24.3 Å². The van der Waals surface area contributed by atoms with Crippen molar-refractivity contribution >= 4 is 22.3 Å². The van der Waals surface area contributed by atoms with Crippen LogP contribution in [0.4, 0.5) is 0 Å². The first-order valence-corrected chi connectivity index (χ1v) is 9.03. The third-order valence-electron chi connectivity index (χ3n) is 3.76. The van der Waals surface area contributed by atoms with Gasteiger partial charge < -0.3 is 9.47 Å². The first kappa shape index (κ1) is 17.0. The van der Waals surface area contributed by atoms with E-state index in [2.05, 4.69) is 4.98 Å². The third-order valence-corrected chi connectivity index (χ3v) is 4.51. The predicted octanol–water partition coefficient (Wildman–Crippen LogP) is 3.91. The fourth-order valence-electron chi connectivity index (χ4n) is 2.50. The number of para-hydroxylation sites is 1. The largest absolute Gasteiger partial charge is 0.457 e. The fourth-order valence-corrected chi connectivity index (χ4v) is 3.23. The highest BCUT2D eigenvalue weighted by atomic mass is 32.1. The zero-order valence-electron chi connectivity index (χ0n) is 14.1. The van der Waals surface area contributed by atoms with Crippen molar-refractivity contribution in [2.45, 2.75) is 6.61 Å². The number of carbonyl (C=O) groups excluding carboxylic acids is 1. The van der Waals surface area contributed by atoms with Gasteiger partial charge in [0.15, 0.2) is 4.96 Å². The number of fused-ring (bicyclic) bond motifs is 1. The number of thiazole rings is 1. The van der Waals surface area contributed by atoms with Crippen molar-refractivity contribution in [1.29, 1.82) is 0 Å². The normalized spacial score (nSPS) is 10.7. The van der Waals surface area contributed by atoms with Gasteiger partial charge in [0.25, 0.3) is 5.56 Å². The summed E-state index contributed by atoms with van der Waals surface area (Å²) in [6.45, 7) is -0.0771. The molecule has 0 aliphatic carbocycles. The van der Waals surface area contributed by atoms with Crippen LogP contribution in [-0.2, 0) is 11.3 Å². The summed E-state index contributed by atoms with van der Waals surface area (Å²) in [5.74, 6) is 0.700. The molecule has 6 nitrogen and oxygen atoms in total. The molecule has 27 heavy (non-hydrogen) atoms. The number of esters is 1. The maximum absolute atomic E-state index is 12.3. The minimum Gasteiger partial charge on any atom is -0.457 e. The molecule has 0 saturated heterocycles. The molecule has 2 aromatic carbocycles. The highest BCUT2D eigenvalue weighted by Gasteiger charge is 2.11. The lowest BCUT2D eigenvalue weighted by Crippen LogP contribution is -2.14. The van der Waals surface area contributed by atoms with E-state index in [1.54, 1.807) is 35.8 Å². The van der Waals surface area contributed by atoms with E-state index in [1.807, 2.05) is 30.3 Å². The molecule has 0 aliphatic heterocycles. The van der Waals surface area contributed by atoms with Gasteiger partial charge in [-0.15, -0.1) is 11.3 Å². The van der Waals surface area contributed by atoms with E-state index in [1.165, 1.54) is 21.8 Å². The zero-order valence-corrected chi connectivity index (χ0v) is 14.9. The Balaban J connectivity index is 1.46. The number of nitrogens with zero attached hydrogens (tertiary/aromatic N) is 2. The molecule has 0 amide bonds. The van der Waals surface area contributed by atoms with Crippen LogP contribution >= 0.6 is 11.3 Å². The summed E-state index contributed by atoms with van der Waals surface area (Å²) in [5.41, 5.74) is 0.565. The van der Waals surface area contributed by atoms with Crippen LogP contribution in [0.15, 0.2) is 77.0 Å². The van der Waals surface area contributed by atoms with Crippen LogP contribution in [0.25, 0.3) is 4.96 Å². The minimum absolute atomic E-state index is 0.0771. The molecule has 0 aliphatic rings. The number of aromatic nitrogens is 2. The van der Waals surface area contributed by atoms with Gasteiger partial charge in [-0.25, -0.2) is 9.78 Å². The molecule has 4 aromatic rings. The van der Waals surface area contributed by atoms with Crippen LogP contribution in [0.3, 0.4) is 0 Å². The molecule has 0 bridgehead atoms. The van der Waals surface area contributed by atoms with Gasteiger partial charge in [0, 0.05) is 17.6 Å². The number of benzene rings is 2. The summed E-state index contributed by atoms with van der Waals surface area (Å²) in [6, 6.07) is 17.4. The maximum atomic E-state index is 12.3. The summed E-state index contributed by atoms with van der Waals surface area (Å²) in [6.07, 6.45) is 1.66. The maximum Gasteiger partial charge on any atom is 0.338 e. The Hall–Kier alpha value is -3.45. The van der Waals surface area contributed by atoms with E-state index < -0.39 is 5.97 Å². The summed E-state index contributed by atoms with van der Waals surface area (Å²) < 4.78 is 12.5. The summed E-state index contributed by atoms with van der Waals surface area (Å²) in [7, 11) is 0. The predicted molar refractivity (Wildman–Crippen MR) is 101 cm³/mol. The van der Waals surface area contributed by atoms with Crippen LogP contribution in [-0.4, -0.2) is 15.4 Å². The van der Waals surface area contributed by atoms with Crippen LogP contribution in [0, 0.1) is 0 Å². The molecule has 0 fully saturated rings. The van der Waals surface area contributed by atoms with Crippen LogP contribution in [0.1, 0.15) is 16.1 Å². The number of ether oxygens (including phenoxy) is 2. The van der Waals surface area contributed by atoms with E-state index in [-0.39, 0.29) is 12.2 Å². The standard InChI is InChI=1S/C20H14N2O4S/c23-18-12-15(21-20-22(18)9-10-27-20)13-25-19(24)14-5-4-8-17(11-14)26-16-6-2-1-3-7-16/h1-12H,13H2. The van der Waals surface area contributed by atoms with Crippen LogP contribution in [0.5, 0.6) is 11.5 Å². The SMILES string of the molecule is O=C(OCc1cc(=O)n2ccsc2n1)c1cccc(Oc2ccccc2)c1. The van der Waals surface area contributed by atoms with Crippen molar-refractivity contribution in [3.8, 4) is 11.5 Å². The Labute approximate surface area is 158 Å². The van der Waals surface area contributed by atoms with Crippen molar-refractivity contribution < 1.29 is 14.3 Å². The Bertz CT molecular complexity index is 1150. The molecular formula is C20H14N2O4S. The van der Waals surface area contributed by atoms with E-state index in [4.69, 9.17) is 9.47 Å². The first-order chi connectivity index (χ1) is 13.2. The van der Waals surface area contributed by atoms with E-state index in [9.17, 15) is 9.59 Å². The van der Waals surface area contributed by atoms with Gasteiger partial charge in [-0.05, 0) is 30.3 Å². The van der Waals surface area contributed by atoms with Crippen molar-refractivity contribution in [3.05, 3.63) is 93.9 Å². The molecule has 0 N–H and O–H groups in total. The van der Waals surface area contributed by atoms with E-state index in [0.29, 0.717) is 27.7 Å². The lowest BCUT2D eigenvalue weighted by molar-refractivity contribution is 0.0467. The number of hydrogen-bond donors (Lipinski definition) is 0. The topological polar surface area (TPSA) is 69.9 Å². The van der Waals surface area contributed by atoms with Gasteiger partial charge in [0.1, 0.15) is 18.1 Å². The second kappa shape index (κ2) is 7.43. The number of rotatable bonds is 5. The second-order valence-electron chi connectivity index (χ2n) is 5.66. The minimum atomic E-state index is -0.512. The van der Waals surface area contributed by atoms with Crippen LogP contribution in [0.2, 0.25) is 0 Å². The van der Waals surface area contributed by atoms with Crippen molar-refractivity contribution in [2.24, 2.45) is 0 Å². The van der Waals surface area contributed by atoms with Gasteiger partial charge in [0.05, 0.1) is 11.3 Å². The summed E-state index contributed by atoms with van der Waals surface area (Å²) >= 11 is 1.34. The van der Waals surface area contributed by atoms with Crippen LogP contribution < -0.4 is 10.3 Å². The highest BCUT2D eigenvalue weighted by Crippen LogP contribution is 2.22. The fraction of sp³-hybridized carbons (Fsp3) is 0.0500. The van der Waals surface area contributed by atoms with Gasteiger partial charge in [0.2, 0.25) is 0 Å². The molecule has 0 spiro atoms. The molecule has 134 valence electrons. The molecule has 0 unspecified atom stereocenters. The summed E-state index contributed by atoms with van der Waals surface area (Å²) in [4.78, 5) is 29.2. The Morgan fingerprint density at radius 2 is 1.85 bits per heavy atom. The smallest absolute Gasteiger partial charge is 0.338 e. The average molecular weight is 378 g/mol. The average Bonchev–Trinajstić information content (AvgIpc) is 3.16. The zero-order chi connectivity index (χ0) is 18.6. The second-order valence-corrected chi connectivity index (χ2v) is 6.53. The molecule has 4 rings (SSSR count). The highest BCUT2D eigenvalue weighted by molar-refractivity contribution is 7.15. The van der Waals surface area contributed by atoms with Gasteiger partial charge >= 0.3 is 5.97 Å². The Morgan fingerprint density at radius 1 is 1.04 bits per heavy atom. The van der Waals surface area contributed by atoms with E-state index >= 15 is 0 Å². The molecule has 2 heterocycles. The Morgan fingerprint density at radius 3 is 2.70 bits per heavy atom. The van der Waals surface area contributed by atoms with Gasteiger partial charge in [-0.3, -0.25) is 9.20 Å². The number of carbonyl (C=O) groups is 1. The molecular weight excluding hydrogens is 364 g/mol. The quantitative estimate of drug-likeness (QED) is 0.493. The summed E-state index contributed by atoms with van der Waals surface area (Å²) in [5, 5.41) is 1.78. The van der Waals surface area contributed by atoms with Gasteiger partial charge in [-0.2, -0.15) is 0 Å². The first-order valence-electron chi connectivity index (χ1n) is 8.15. The van der Waals surface area contributed by atoms with Crippen molar-refractivity contribution in [3.63, 3.8) is 0 Å². The van der Waals surface area contributed by atoms with Crippen molar-refractivity contribution in [1.82, 2.24) is 9.38 Å². The molecule has 0 atom stereocenters. The lowest BCUT2D eigenvalue weighted by atomic mass is 10.2. The molecule has 2 aromatic heterocycles. The van der Waals surface area contributed by atoms with E-state index in [0.717, 1.165) is 0 Å². The lowest BCUT2D eigenvalue weighted by Gasteiger charge is -2.08. The van der Waals surface area contributed by atoms with Crippen molar-refractivity contribution in [2.75, 3.05) is 0 Å². The Kier molecular flexibility index (Phi) is 4.67. The molecule has 0 radical (unpaired) electrons. The molecule has 0 saturated carbocycles. The molecule has 7 heteroatoms. The monoisotopic (exact) mass is 378 g/mol. The third kappa shape index (κ3) is 3.88. The number of hydrogen-bond acceptors (Lipinski definition) is 6.